The summed E-state index contributed by atoms with van der Waals surface area (Å²) >= 11 is 7.53. The lowest BCUT2D eigenvalue weighted by atomic mass is 9.89. The van der Waals surface area contributed by atoms with Gasteiger partial charge in [-0.25, -0.2) is 4.79 Å². The van der Waals surface area contributed by atoms with Crippen molar-refractivity contribution >= 4 is 35.4 Å². The Kier molecular flexibility index (Phi) is 4.63. The second-order valence-electron chi connectivity index (χ2n) is 7.46. The summed E-state index contributed by atoms with van der Waals surface area (Å²) in [7, 11) is 0. The molecule has 0 amide bonds. The molecule has 0 saturated heterocycles. The molecule has 0 unspecified atom stereocenters. The Labute approximate surface area is 173 Å². The number of aromatic nitrogens is 1. The molecule has 1 aliphatic rings. The van der Waals surface area contributed by atoms with Crippen LogP contribution in [-0.2, 0) is 10.3 Å². The third-order valence-electron chi connectivity index (χ3n) is 4.88. The quantitative estimate of drug-likeness (QED) is 0.420. The molecule has 28 heavy (non-hydrogen) atoms. The third-order valence-corrected chi connectivity index (χ3v) is 6.86. The van der Waals surface area contributed by atoms with Crippen molar-refractivity contribution in [2.45, 2.75) is 33.2 Å². The molecule has 0 atom stereocenters. The number of carbonyl (C=O) groups excluding carboxylic acids is 1. The molecule has 0 saturated carbocycles. The average molecular weight is 411 g/mol. The van der Waals surface area contributed by atoms with Crippen LogP contribution < -0.4 is 5.32 Å². The van der Waals surface area contributed by atoms with Gasteiger partial charge in [0.05, 0.1) is 28.3 Å². The molecule has 2 aromatic carbocycles. The first kappa shape index (κ1) is 18.9. The van der Waals surface area contributed by atoms with E-state index in [2.05, 4.69) is 48.2 Å². The number of carbonyl (C=O) groups is 1. The number of rotatable bonds is 3. The number of fused-ring (bicyclic) bond motifs is 3. The van der Waals surface area contributed by atoms with Gasteiger partial charge in [0, 0.05) is 16.8 Å². The lowest BCUT2D eigenvalue weighted by Crippen LogP contribution is -2.30. The van der Waals surface area contributed by atoms with Gasteiger partial charge in [0.25, 0.3) is 0 Å². The summed E-state index contributed by atoms with van der Waals surface area (Å²) in [5, 5.41) is 3.65. The van der Waals surface area contributed by atoms with Crippen molar-refractivity contribution in [2.24, 2.45) is 0 Å². The van der Waals surface area contributed by atoms with Gasteiger partial charge >= 0.3 is 5.97 Å². The monoisotopic (exact) mass is 410 g/mol. The van der Waals surface area contributed by atoms with Crippen molar-refractivity contribution in [1.82, 2.24) is 3.96 Å². The molecule has 0 radical (unpaired) electrons. The van der Waals surface area contributed by atoms with Crippen LogP contribution in [-0.4, -0.2) is 16.5 Å². The molecule has 1 aliphatic heterocycles. The van der Waals surface area contributed by atoms with Crippen LogP contribution in [0.4, 0.5) is 5.69 Å². The van der Waals surface area contributed by atoms with E-state index in [-0.39, 0.29) is 11.5 Å². The van der Waals surface area contributed by atoms with Gasteiger partial charge in [-0.2, -0.15) is 0 Å². The molecule has 0 spiro atoms. The van der Waals surface area contributed by atoms with Crippen molar-refractivity contribution in [1.29, 1.82) is 0 Å². The Morgan fingerprint density at radius 1 is 1.21 bits per heavy atom. The van der Waals surface area contributed by atoms with Crippen LogP contribution in [0.1, 0.15) is 41.6 Å². The van der Waals surface area contributed by atoms with Gasteiger partial charge in [-0.15, -0.1) is 0 Å². The highest BCUT2D eigenvalue weighted by molar-refractivity contribution is 7.71. The van der Waals surface area contributed by atoms with E-state index in [0.29, 0.717) is 12.2 Å². The minimum Gasteiger partial charge on any atom is -0.462 e. The second-order valence-corrected chi connectivity index (χ2v) is 8.80. The molecule has 144 valence electrons. The number of hydrogen-bond donors (Lipinski definition) is 1. The first-order valence-corrected chi connectivity index (χ1v) is 10.4. The maximum Gasteiger partial charge on any atom is 0.338 e. The lowest BCUT2D eigenvalue weighted by molar-refractivity contribution is 0.0526. The number of anilines is 1. The molecular weight excluding hydrogens is 388 g/mol. The Balaban J connectivity index is 1.83. The number of aryl methyl sites for hydroxylation is 1. The summed E-state index contributed by atoms with van der Waals surface area (Å²) < 4.78 is 7.93. The zero-order chi connectivity index (χ0) is 20.1. The number of esters is 1. The number of nitrogens with one attached hydrogen (secondary N) is 1. The van der Waals surface area contributed by atoms with Gasteiger partial charge in [-0.05, 0) is 63.6 Å². The van der Waals surface area contributed by atoms with Gasteiger partial charge < -0.3 is 10.1 Å². The Bertz CT molecular complexity index is 1120. The minimum absolute atomic E-state index is 0.218. The average Bonchev–Trinajstić information content (AvgIpc) is 3.00. The van der Waals surface area contributed by atoms with Crippen molar-refractivity contribution in [3.05, 3.63) is 63.1 Å². The molecule has 0 aliphatic carbocycles. The highest BCUT2D eigenvalue weighted by Crippen LogP contribution is 2.47. The number of nitrogens with zero attached hydrogens (tertiary/aromatic N) is 1. The summed E-state index contributed by atoms with van der Waals surface area (Å²) in [4.78, 5) is 13.1. The first-order valence-electron chi connectivity index (χ1n) is 9.25. The number of hydrogen-bond acceptors (Lipinski definition) is 5. The minimum atomic E-state index is -0.308. The Morgan fingerprint density at radius 3 is 2.61 bits per heavy atom. The smallest absolute Gasteiger partial charge is 0.338 e. The fourth-order valence-electron chi connectivity index (χ4n) is 3.53. The number of ether oxygens (including phenoxy) is 1. The predicted octanol–water partition coefficient (Wildman–Crippen LogP) is 6.08. The predicted molar refractivity (Wildman–Crippen MR) is 117 cm³/mol. The maximum atomic E-state index is 11.9. The fraction of sp³-hybridized carbons (Fsp3) is 0.273. The van der Waals surface area contributed by atoms with E-state index >= 15 is 0 Å². The lowest BCUT2D eigenvalue weighted by Gasteiger charge is -2.33. The van der Waals surface area contributed by atoms with Crippen molar-refractivity contribution in [3.63, 3.8) is 0 Å². The van der Waals surface area contributed by atoms with E-state index in [1.807, 2.05) is 12.1 Å². The molecule has 6 heteroatoms. The maximum absolute atomic E-state index is 11.9. The topological polar surface area (TPSA) is 43.3 Å². The van der Waals surface area contributed by atoms with Crippen LogP contribution in [0.3, 0.4) is 0 Å². The van der Waals surface area contributed by atoms with E-state index in [1.165, 1.54) is 10.4 Å². The summed E-state index contributed by atoms with van der Waals surface area (Å²) in [5.74, 6) is -0.308. The SMILES string of the molecule is CCOC(=O)c1ccc(-n2sc3c(c2=S)-c2ccc(C)cc2NC3(C)C)cc1. The molecule has 2 heterocycles. The first-order chi connectivity index (χ1) is 13.3. The normalized spacial score (nSPS) is 14.0. The number of benzene rings is 2. The van der Waals surface area contributed by atoms with E-state index in [4.69, 9.17) is 17.0 Å². The molecule has 4 rings (SSSR count). The summed E-state index contributed by atoms with van der Waals surface area (Å²) in [6.07, 6.45) is 0. The molecule has 3 aromatic rings. The summed E-state index contributed by atoms with van der Waals surface area (Å²) in [6.45, 7) is 8.62. The Hall–Kier alpha value is -2.44. The third kappa shape index (κ3) is 3.06. The molecule has 0 fully saturated rings. The summed E-state index contributed by atoms with van der Waals surface area (Å²) in [6, 6.07) is 13.8. The highest BCUT2D eigenvalue weighted by Gasteiger charge is 2.34. The van der Waals surface area contributed by atoms with Crippen LogP contribution in [0, 0.1) is 11.6 Å². The van der Waals surface area contributed by atoms with E-state index in [1.54, 1.807) is 30.6 Å². The van der Waals surface area contributed by atoms with Crippen molar-refractivity contribution in [2.75, 3.05) is 11.9 Å². The second kappa shape index (κ2) is 6.87. The van der Waals surface area contributed by atoms with Crippen molar-refractivity contribution in [3.8, 4) is 16.8 Å². The zero-order valence-electron chi connectivity index (χ0n) is 16.3. The zero-order valence-corrected chi connectivity index (χ0v) is 18.0. The van der Waals surface area contributed by atoms with Crippen LogP contribution in [0.15, 0.2) is 42.5 Å². The highest BCUT2D eigenvalue weighted by atomic mass is 32.1. The molecule has 4 nitrogen and oxygen atoms in total. The van der Waals surface area contributed by atoms with E-state index in [9.17, 15) is 4.79 Å². The van der Waals surface area contributed by atoms with E-state index in [0.717, 1.165) is 27.1 Å². The molecule has 0 bridgehead atoms. The van der Waals surface area contributed by atoms with Crippen LogP contribution in [0.5, 0.6) is 0 Å². The molecule has 1 aromatic heterocycles. The largest absolute Gasteiger partial charge is 0.462 e. The van der Waals surface area contributed by atoms with Gasteiger partial charge in [0.2, 0.25) is 0 Å². The van der Waals surface area contributed by atoms with Crippen molar-refractivity contribution < 1.29 is 9.53 Å². The van der Waals surface area contributed by atoms with Gasteiger partial charge in [-0.3, -0.25) is 3.96 Å². The molecular formula is C22H22N2O2S2. The van der Waals surface area contributed by atoms with Gasteiger partial charge in [0.15, 0.2) is 0 Å². The van der Waals surface area contributed by atoms with Crippen LogP contribution in [0.25, 0.3) is 16.8 Å². The standard InChI is InChI=1S/C22H22N2O2S2/c1-5-26-21(25)14-7-9-15(10-8-14)24-20(27)18-16-11-6-13(2)12-17(16)23-22(3,4)19(18)28-24/h6-12,23H,5H2,1-4H3. The fourth-order valence-corrected chi connectivity index (χ4v) is 5.19. The van der Waals surface area contributed by atoms with Crippen LogP contribution in [0.2, 0.25) is 0 Å². The van der Waals surface area contributed by atoms with E-state index < -0.39 is 0 Å². The van der Waals surface area contributed by atoms with Gasteiger partial charge in [-0.1, -0.05) is 35.9 Å². The Morgan fingerprint density at radius 2 is 1.93 bits per heavy atom. The molecule has 1 N–H and O–H groups in total. The summed E-state index contributed by atoms with van der Waals surface area (Å²) in [5.41, 5.74) is 5.87. The van der Waals surface area contributed by atoms with Crippen LogP contribution >= 0.6 is 23.8 Å². The van der Waals surface area contributed by atoms with Gasteiger partial charge in [0.1, 0.15) is 4.64 Å².